The molecule has 104 valence electrons. The molecule has 3 N–H and O–H groups in total. The fourth-order valence-corrected chi connectivity index (χ4v) is 6.50. The number of ether oxygens (including phenoxy) is 1. The summed E-state index contributed by atoms with van der Waals surface area (Å²) in [5.74, 6) is 10.4. The quantitative estimate of drug-likeness (QED) is 0.614. The number of hydrogen-bond donors (Lipinski definition) is 2. The van der Waals surface area contributed by atoms with Gasteiger partial charge in [-0.2, -0.15) is 23.5 Å². The molecule has 3 unspecified atom stereocenters. The maximum atomic E-state index is 6.03. The van der Waals surface area contributed by atoms with E-state index >= 15 is 0 Å². The molecule has 3 nitrogen and oxygen atoms in total. The van der Waals surface area contributed by atoms with E-state index in [0.717, 1.165) is 6.61 Å². The second kappa shape index (κ2) is 5.92. The van der Waals surface area contributed by atoms with E-state index in [0.29, 0.717) is 17.2 Å². The van der Waals surface area contributed by atoms with Crippen molar-refractivity contribution in [3.8, 4) is 0 Å². The molecule has 3 atom stereocenters. The molecule has 0 aromatic heterocycles. The van der Waals surface area contributed by atoms with Gasteiger partial charge < -0.3 is 4.74 Å². The fraction of sp³-hybridized carbons (Fsp3) is 1.00. The third kappa shape index (κ3) is 2.70. The van der Waals surface area contributed by atoms with E-state index in [-0.39, 0.29) is 5.60 Å². The zero-order valence-electron chi connectivity index (χ0n) is 10.9. The van der Waals surface area contributed by atoms with Gasteiger partial charge in [0.05, 0.1) is 5.60 Å². The molecule has 18 heavy (non-hydrogen) atoms. The Morgan fingerprint density at radius 2 is 2.22 bits per heavy atom. The minimum atomic E-state index is 0.241. The number of nitrogens with two attached hydrogens (primary N) is 1. The second-order valence-electron chi connectivity index (χ2n) is 5.81. The van der Waals surface area contributed by atoms with Crippen LogP contribution in [0.4, 0.5) is 0 Å². The third-order valence-electron chi connectivity index (χ3n) is 4.74. The average molecular weight is 288 g/mol. The molecular formula is C13H24N2OS2. The van der Waals surface area contributed by atoms with Crippen molar-refractivity contribution in [3.05, 3.63) is 0 Å². The third-order valence-corrected chi connectivity index (χ3v) is 7.62. The van der Waals surface area contributed by atoms with Crippen LogP contribution in [0.1, 0.15) is 32.1 Å². The van der Waals surface area contributed by atoms with Crippen molar-refractivity contribution in [1.29, 1.82) is 0 Å². The minimum Gasteiger partial charge on any atom is -0.375 e. The summed E-state index contributed by atoms with van der Waals surface area (Å²) in [5, 5.41) is 0.689. The second-order valence-corrected chi connectivity index (χ2v) is 8.31. The van der Waals surface area contributed by atoms with Crippen LogP contribution in [0, 0.1) is 5.92 Å². The summed E-state index contributed by atoms with van der Waals surface area (Å²) in [5.41, 5.74) is 3.38. The monoisotopic (exact) mass is 288 g/mol. The van der Waals surface area contributed by atoms with E-state index in [1.54, 1.807) is 0 Å². The van der Waals surface area contributed by atoms with Crippen molar-refractivity contribution >= 4 is 23.5 Å². The van der Waals surface area contributed by atoms with E-state index < -0.39 is 0 Å². The van der Waals surface area contributed by atoms with Gasteiger partial charge in [-0.15, -0.1) is 0 Å². The molecule has 1 saturated carbocycles. The van der Waals surface area contributed by atoms with Crippen LogP contribution < -0.4 is 11.3 Å². The zero-order chi connectivity index (χ0) is 12.4. The Labute approximate surface area is 118 Å². The molecular weight excluding hydrogens is 264 g/mol. The highest BCUT2D eigenvalue weighted by Gasteiger charge is 2.45. The lowest BCUT2D eigenvalue weighted by molar-refractivity contribution is -0.147. The minimum absolute atomic E-state index is 0.241. The molecule has 0 radical (unpaired) electrons. The van der Waals surface area contributed by atoms with Gasteiger partial charge in [0, 0.05) is 35.2 Å². The smallest absolute Gasteiger partial charge is 0.0685 e. The van der Waals surface area contributed by atoms with Gasteiger partial charge in [-0.25, -0.2) is 0 Å². The Morgan fingerprint density at radius 3 is 2.83 bits per heavy atom. The highest BCUT2D eigenvalue weighted by molar-refractivity contribution is 8.06. The van der Waals surface area contributed by atoms with Crippen molar-refractivity contribution in [2.24, 2.45) is 11.8 Å². The van der Waals surface area contributed by atoms with Crippen LogP contribution in [0.2, 0.25) is 0 Å². The lowest BCUT2D eigenvalue weighted by Crippen LogP contribution is -2.55. The number of nitrogens with one attached hydrogen (secondary N) is 1. The number of hydrogen-bond acceptors (Lipinski definition) is 5. The van der Waals surface area contributed by atoms with Gasteiger partial charge in [0.25, 0.3) is 0 Å². The molecule has 0 aromatic rings. The first-order valence-corrected chi connectivity index (χ1v) is 9.33. The highest BCUT2D eigenvalue weighted by Crippen LogP contribution is 2.46. The van der Waals surface area contributed by atoms with E-state index in [2.05, 4.69) is 28.9 Å². The highest BCUT2D eigenvalue weighted by atomic mass is 32.2. The predicted octanol–water partition coefficient (Wildman–Crippen LogP) is 2.02. The molecule has 2 heterocycles. The maximum absolute atomic E-state index is 6.03. The summed E-state index contributed by atoms with van der Waals surface area (Å²) >= 11 is 4.19. The van der Waals surface area contributed by atoms with Crippen LogP contribution in [0.3, 0.4) is 0 Å². The molecule has 1 aliphatic carbocycles. The van der Waals surface area contributed by atoms with Crippen molar-refractivity contribution in [2.45, 2.75) is 49.0 Å². The van der Waals surface area contributed by atoms with Gasteiger partial charge in [0.2, 0.25) is 0 Å². The van der Waals surface area contributed by atoms with Gasteiger partial charge >= 0.3 is 0 Å². The Morgan fingerprint density at radius 1 is 1.33 bits per heavy atom. The van der Waals surface area contributed by atoms with Crippen LogP contribution in [0.25, 0.3) is 0 Å². The van der Waals surface area contributed by atoms with Gasteiger partial charge in [-0.05, 0) is 38.0 Å². The molecule has 0 aromatic carbocycles. The van der Waals surface area contributed by atoms with Crippen molar-refractivity contribution < 1.29 is 4.74 Å². The van der Waals surface area contributed by atoms with E-state index in [9.17, 15) is 0 Å². The molecule has 3 fully saturated rings. The first-order chi connectivity index (χ1) is 8.83. The van der Waals surface area contributed by atoms with E-state index in [1.807, 2.05) is 0 Å². The van der Waals surface area contributed by atoms with Crippen LogP contribution >= 0.6 is 23.5 Å². The van der Waals surface area contributed by atoms with Gasteiger partial charge in [-0.1, -0.05) is 0 Å². The first kappa shape index (κ1) is 13.6. The van der Waals surface area contributed by atoms with Gasteiger partial charge in [0.15, 0.2) is 0 Å². The molecule has 1 spiro atoms. The topological polar surface area (TPSA) is 47.3 Å². The SMILES string of the molecule is NNC(C1CCOC2(CCC2)C1)C1CSCCS1. The summed E-state index contributed by atoms with van der Waals surface area (Å²) < 4.78 is 6.03. The lowest BCUT2D eigenvalue weighted by Gasteiger charge is -2.49. The molecule has 2 saturated heterocycles. The molecule has 0 amide bonds. The summed E-state index contributed by atoms with van der Waals surface area (Å²) in [6, 6.07) is 0.476. The number of hydrazine groups is 1. The number of thioether (sulfide) groups is 2. The van der Waals surface area contributed by atoms with Crippen LogP contribution in [-0.2, 0) is 4.74 Å². The Hall–Kier alpha value is 0.580. The van der Waals surface area contributed by atoms with E-state index in [1.165, 1.54) is 49.4 Å². The van der Waals surface area contributed by atoms with Crippen LogP contribution in [-0.4, -0.2) is 40.8 Å². The number of rotatable bonds is 3. The Balaban J connectivity index is 1.63. The molecule has 0 bridgehead atoms. The van der Waals surface area contributed by atoms with Crippen LogP contribution in [0.15, 0.2) is 0 Å². The van der Waals surface area contributed by atoms with Crippen molar-refractivity contribution in [3.63, 3.8) is 0 Å². The molecule has 3 rings (SSSR count). The van der Waals surface area contributed by atoms with E-state index in [4.69, 9.17) is 10.6 Å². The maximum Gasteiger partial charge on any atom is 0.0685 e. The molecule has 2 aliphatic heterocycles. The van der Waals surface area contributed by atoms with Crippen molar-refractivity contribution in [2.75, 3.05) is 23.9 Å². The summed E-state index contributed by atoms with van der Waals surface area (Å²) in [6.07, 6.45) is 6.30. The summed E-state index contributed by atoms with van der Waals surface area (Å²) in [7, 11) is 0. The molecule has 5 heteroatoms. The summed E-state index contributed by atoms with van der Waals surface area (Å²) in [4.78, 5) is 0. The Kier molecular flexibility index (Phi) is 4.46. The zero-order valence-corrected chi connectivity index (χ0v) is 12.5. The normalized spacial score (nSPS) is 37.2. The summed E-state index contributed by atoms with van der Waals surface area (Å²) in [6.45, 7) is 0.938. The van der Waals surface area contributed by atoms with Gasteiger partial charge in [0.1, 0.15) is 0 Å². The predicted molar refractivity (Wildman–Crippen MR) is 79.9 cm³/mol. The van der Waals surface area contributed by atoms with Crippen molar-refractivity contribution in [1.82, 2.24) is 5.43 Å². The molecule has 3 aliphatic rings. The fourth-order valence-electron chi connectivity index (χ4n) is 3.55. The first-order valence-electron chi connectivity index (χ1n) is 7.12. The average Bonchev–Trinajstić information content (AvgIpc) is 2.39. The lowest BCUT2D eigenvalue weighted by atomic mass is 9.70. The van der Waals surface area contributed by atoms with Gasteiger partial charge in [-0.3, -0.25) is 11.3 Å². The van der Waals surface area contributed by atoms with Crippen LogP contribution in [0.5, 0.6) is 0 Å². The Bertz CT molecular complexity index is 280. The largest absolute Gasteiger partial charge is 0.375 e. The standard InChI is InChI=1S/C13H24N2OS2/c14-15-12(11-9-17-6-7-18-11)10-2-5-16-13(8-10)3-1-4-13/h10-12,15H,1-9,14H2.